The van der Waals surface area contributed by atoms with Crippen LogP contribution in [0.2, 0.25) is 0 Å². The Hall–Kier alpha value is -2.22. The zero-order chi connectivity index (χ0) is 19.5. The molecule has 2 aliphatic rings. The topological polar surface area (TPSA) is 95.1 Å². The van der Waals surface area contributed by atoms with Crippen molar-refractivity contribution in [1.29, 1.82) is 0 Å². The van der Waals surface area contributed by atoms with Crippen LogP contribution in [0.1, 0.15) is 41.0 Å². The molecule has 0 saturated heterocycles. The number of amides is 3. The fraction of sp³-hybridized carbons (Fsp3) is 0.667. The molecule has 0 bridgehead atoms. The summed E-state index contributed by atoms with van der Waals surface area (Å²) in [5.74, 6) is -0.102. The fourth-order valence-electron chi connectivity index (χ4n) is 2.77. The Labute approximate surface area is 153 Å². The van der Waals surface area contributed by atoms with Crippen molar-refractivity contribution in [3.63, 3.8) is 0 Å². The van der Waals surface area contributed by atoms with Crippen molar-refractivity contribution in [2.75, 3.05) is 13.7 Å². The molecule has 0 fully saturated rings. The Morgan fingerprint density at radius 1 is 1.27 bits per heavy atom. The second-order valence-corrected chi connectivity index (χ2v) is 7.74. The van der Waals surface area contributed by atoms with E-state index in [0.717, 1.165) is 6.08 Å². The summed E-state index contributed by atoms with van der Waals surface area (Å²) < 4.78 is 22.3. The van der Waals surface area contributed by atoms with E-state index in [0.29, 0.717) is 24.5 Å². The summed E-state index contributed by atoms with van der Waals surface area (Å²) in [5, 5.41) is 4.97. The molecule has 2 N–H and O–H groups in total. The molecule has 1 heterocycles. The first-order valence-corrected chi connectivity index (χ1v) is 8.57. The van der Waals surface area contributed by atoms with E-state index < -0.39 is 17.7 Å². The Balaban J connectivity index is 2.01. The van der Waals surface area contributed by atoms with Gasteiger partial charge in [0.2, 0.25) is 5.79 Å². The lowest BCUT2D eigenvalue weighted by atomic mass is 10.1. The van der Waals surface area contributed by atoms with Gasteiger partial charge in [-0.3, -0.25) is 10.1 Å². The third-order valence-electron chi connectivity index (χ3n) is 3.78. The highest BCUT2D eigenvalue weighted by atomic mass is 16.7. The van der Waals surface area contributed by atoms with Crippen LogP contribution < -0.4 is 10.6 Å². The maximum Gasteiger partial charge on any atom is 0.322 e. The third-order valence-corrected chi connectivity index (χ3v) is 3.78. The molecule has 8 heteroatoms. The molecular weight excluding hydrogens is 340 g/mol. The summed E-state index contributed by atoms with van der Waals surface area (Å²) in [4.78, 5) is 23.6. The molecule has 1 aliphatic heterocycles. The Morgan fingerprint density at radius 2 is 1.92 bits per heavy atom. The maximum atomic E-state index is 12.1. The number of carbonyl (C=O) groups excluding carboxylic acids is 2. The second-order valence-electron chi connectivity index (χ2n) is 7.74. The van der Waals surface area contributed by atoms with Gasteiger partial charge in [0, 0.05) is 25.8 Å². The van der Waals surface area contributed by atoms with Gasteiger partial charge in [-0.25, -0.2) is 4.79 Å². The first-order valence-electron chi connectivity index (χ1n) is 8.57. The molecule has 0 aromatic rings. The maximum absolute atomic E-state index is 12.1. The zero-order valence-electron chi connectivity index (χ0n) is 16.2. The van der Waals surface area contributed by atoms with Gasteiger partial charge < -0.3 is 24.3 Å². The number of hydrogen-bond acceptors (Lipinski definition) is 6. The van der Waals surface area contributed by atoms with Crippen LogP contribution in [-0.4, -0.2) is 43.1 Å². The average molecular weight is 368 g/mol. The highest BCUT2D eigenvalue weighted by Crippen LogP contribution is 2.44. The summed E-state index contributed by atoms with van der Waals surface area (Å²) >= 11 is 0. The Morgan fingerprint density at radius 3 is 2.54 bits per heavy atom. The van der Waals surface area contributed by atoms with Gasteiger partial charge in [0.1, 0.15) is 5.76 Å². The number of nitrogens with one attached hydrogen (secondary N) is 2. The van der Waals surface area contributed by atoms with Crippen LogP contribution in [0.4, 0.5) is 4.79 Å². The summed E-state index contributed by atoms with van der Waals surface area (Å²) in [6.07, 6.45) is 2.89. The van der Waals surface area contributed by atoms with Crippen LogP contribution >= 0.6 is 0 Å². The van der Waals surface area contributed by atoms with Gasteiger partial charge in [0.05, 0.1) is 31.6 Å². The normalized spacial score (nSPS) is 24.1. The minimum Gasteiger partial charge on any atom is -0.504 e. The minimum atomic E-state index is -0.793. The second kappa shape index (κ2) is 7.57. The molecule has 8 nitrogen and oxygen atoms in total. The van der Waals surface area contributed by atoms with Crippen LogP contribution in [0.3, 0.4) is 0 Å². The first kappa shape index (κ1) is 20.1. The van der Waals surface area contributed by atoms with Gasteiger partial charge in [0.25, 0.3) is 5.91 Å². The molecule has 26 heavy (non-hydrogen) atoms. The molecule has 0 aromatic heterocycles. The van der Waals surface area contributed by atoms with Gasteiger partial charge >= 0.3 is 6.03 Å². The Kier molecular flexibility index (Phi) is 5.85. The van der Waals surface area contributed by atoms with Crippen molar-refractivity contribution in [3.05, 3.63) is 23.9 Å². The molecule has 146 valence electrons. The quantitative estimate of drug-likeness (QED) is 0.570. The average Bonchev–Trinajstić information content (AvgIpc) is 2.96. The van der Waals surface area contributed by atoms with Crippen molar-refractivity contribution in [2.24, 2.45) is 5.92 Å². The van der Waals surface area contributed by atoms with E-state index in [1.54, 1.807) is 0 Å². The van der Waals surface area contributed by atoms with E-state index in [4.69, 9.17) is 14.2 Å². The largest absolute Gasteiger partial charge is 0.504 e. The number of imide groups is 1. The van der Waals surface area contributed by atoms with Crippen LogP contribution in [0, 0.1) is 5.92 Å². The van der Waals surface area contributed by atoms with Crippen molar-refractivity contribution >= 4 is 11.9 Å². The van der Waals surface area contributed by atoms with Crippen LogP contribution in [-0.2, 0) is 23.7 Å². The van der Waals surface area contributed by atoms with Gasteiger partial charge in [0.15, 0.2) is 5.76 Å². The predicted octanol–water partition coefficient (Wildman–Crippen LogP) is 2.17. The summed E-state index contributed by atoms with van der Waals surface area (Å²) in [5.41, 5.74) is -0.279. The smallest absolute Gasteiger partial charge is 0.322 e. The number of urea groups is 1. The Bertz CT molecular complexity index is 618. The SMILES string of the molecule is COC=CC(=O)NC(=O)N[C@@H]1C[C@H](COC(C)(C)C)C2=C1OC(C)(C)O2. The van der Waals surface area contributed by atoms with E-state index in [2.05, 4.69) is 15.4 Å². The predicted molar refractivity (Wildman–Crippen MR) is 93.7 cm³/mol. The molecule has 2 atom stereocenters. The molecule has 2 rings (SSSR count). The van der Waals surface area contributed by atoms with Gasteiger partial charge in [-0.05, 0) is 27.2 Å². The molecule has 0 saturated carbocycles. The number of carbonyl (C=O) groups is 2. The summed E-state index contributed by atoms with van der Waals surface area (Å²) in [7, 11) is 1.41. The minimum absolute atomic E-state index is 0.0274. The zero-order valence-corrected chi connectivity index (χ0v) is 16.2. The van der Waals surface area contributed by atoms with Crippen LogP contribution in [0.25, 0.3) is 0 Å². The first-order chi connectivity index (χ1) is 12.0. The van der Waals surface area contributed by atoms with Gasteiger partial charge in [-0.1, -0.05) is 0 Å². The molecule has 1 aliphatic carbocycles. The number of methoxy groups -OCH3 is 1. The van der Waals surface area contributed by atoms with Gasteiger partial charge in [-0.2, -0.15) is 0 Å². The van der Waals surface area contributed by atoms with Crippen molar-refractivity contribution in [3.8, 4) is 0 Å². The van der Waals surface area contributed by atoms with E-state index in [1.165, 1.54) is 13.4 Å². The van der Waals surface area contributed by atoms with Crippen molar-refractivity contribution in [2.45, 2.75) is 58.5 Å². The van der Waals surface area contributed by atoms with E-state index >= 15 is 0 Å². The molecular formula is C18H28N2O6. The summed E-state index contributed by atoms with van der Waals surface area (Å²) in [6, 6.07) is -1.00. The van der Waals surface area contributed by atoms with Crippen LogP contribution in [0.15, 0.2) is 23.9 Å². The standard InChI is InChI=1S/C18H28N2O6/c1-17(2,3)24-10-11-9-12(15-14(11)25-18(4,5)26-15)19-16(22)20-13(21)7-8-23-6/h7-8,11-12H,9-10H2,1-6H3,(H2,19,20,21,22)/t11-,12-/m1/s1. The van der Waals surface area contributed by atoms with Crippen molar-refractivity contribution in [1.82, 2.24) is 10.6 Å². The van der Waals surface area contributed by atoms with Crippen molar-refractivity contribution < 1.29 is 28.5 Å². The van der Waals surface area contributed by atoms with E-state index in [9.17, 15) is 9.59 Å². The lowest BCUT2D eigenvalue weighted by molar-refractivity contribution is -0.138. The molecule has 0 aromatic carbocycles. The lowest BCUT2D eigenvalue weighted by Gasteiger charge is -2.27. The third kappa shape index (κ3) is 5.39. The molecule has 0 spiro atoms. The molecule has 0 radical (unpaired) electrons. The fourth-order valence-corrected chi connectivity index (χ4v) is 2.77. The van der Waals surface area contributed by atoms with E-state index in [1.807, 2.05) is 34.6 Å². The number of ether oxygens (including phenoxy) is 4. The molecule has 0 unspecified atom stereocenters. The lowest BCUT2D eigenvalue weighted by Crippen LogP contribution is -2.45. The van der Waals surface area contributed by atoms with Gasteiger partial charge in [-0.15, -0.1) is 0 Å². The highest BCUT2D eigenvalue weighted by Gasteiger charge is 2.47. The number of rotatable bonds is 5. The summed E-state index contributed by atoms with van der Waals surface area (Å²) in [6.45, 7) is 10.0. The highest BCUT2D eigenvalue weighted by molar-refractivity contribution is 6.00. The monoisotopic (exact) mass is 368 g/mol. The molecule has 3 amide bonds. The van der Waals surface area contributed by atoms with Crippen LogP contribution in [0.5, 0.6) is 0 Å². The number of hydrogen-bond donors (Lipinski definition) is 2. The van der Waals surface area contributed by atoms with E-state index in [-0.39, 0.29) is 17.6 Å².